The molecule has 11 heteroatoms. The van der Waals surface area contributed by atoms with Crippen LogP contribution in [-0.4, -0.2) is 95.6 Å². The minimum absolute atomic E-state index is 0. The van der Waals surface area contributed by atoms with Crippen LogP contribution in [0.1, 0.15) is 164 Å². The van der Waals surface area contributed by atoms with E-state index >= 15 is 0 Å². The van der Waals surface area contributed by atoms with Crippen molar-refractivity contribution in [1.29, 1.82) is 0 Å². The summed E-state index contributed by atoms with van der Waals surface area (Å²) in [5, 5.41) is 67.3. The zero-order chi connectivity index (χ0) is 56.5. The average molecular weight is 1080 g/mol. The van der Waals surface area contributed by atoms with E-state index in [2.05, 4.69) is 96.9 Å². The Kier molecular flexibility index (Phi) is 38.4. The molecule has 0 radical (unpaired) electrons. The molecule has 6 aromatic carbocycles. The molecular weight excluding hydrogens is 994 g/mol. The van der Waals surface area contributed by atoms with E-state index in [1.165, 1.54) is 36.8 Å². The van der Waals surface area contributed by atoms with Crippen molar-refractivity contribution in [3.8, 4) is 34.5 Å². The van der Waals surface area contributed by atoms with Gasteiger partial charge in [0.2, 0.25) is 0 Å². The van der Waals surface area contributed by atoms with Crippen LogP contribution in [-0.2, 0) is 31.1 Å². The van der Waals surface area contributed by atoms with Gasteiger partial charge >= 0.3 is 69.2 Å². The van der Waals surface area contributed by atoms with E-state index in [4.69, 9.17) is 9.47 Å². The molecule has 77 heavy (non-hydrogen) atoms. The zero-order valence-electron chi connectivity index (χ0n) is 50.6. The summed E-state index contributed by atoms with van der Waals surface area (Å²) in [5.74, 6) is 0.899. The average Bonchev–Trinajstić information content (AvgIpc) is 4.11. The van der Waals surface area contributed by atoms with Crippen LogP contribution in [0.2, 0.25) is 0 Å². The topological polar surface area (TPSA) is 157 Å². The van der Waals surface area contributed by atoms with E-state index < -0.39 is 0 Å². The molecule has 6 aromatic rings. The van der Waals surface area contributed by atoms with E-state index in [9.17, 15) is 30.6 Å². The second-order valence-electron chi connectivity index (χ2n) is 23.1. The Morgan fingerprint density at radius 2 is 0.468 bits per heavy atom. The van der Waals surface area contributed by atoms with Crippen LogP contribution in [0, 0.1) is 41.5 Å². The van der Waals surface area contributed by atoms with Crippen molar-refractivity contribution in [3.63, 3.8) is 0 Å². The summed E-state index contributed by atoms with van der Waals surface area (Å²) in [6, 6.07) is 36.0. The first kappa shape index (κ1) is 77.6. The van der Waals surface area contributed by atoms with Crippen molar-refractivity contribution in [2.24, 2.45) is 0 Å². The van der Waals surface area contributed by atoms with Gasteiger partial charge in [0.25, 0.3) is 0 Å². The first-order chi connectivity index (χ1) is 34.3. The molecule has 2 aliphatic rings. The molecule has 0 saturated carbocycles. The third-order valence-electron chi connectivity index (χ3n) is 11.7. The number of hydrogen-bond donors (Lipinski definition) is 0. The fraction of sp³-hybridized carbons (Fsp3) is 0.455. The standard InChI is InChI=1S/2C15H24O.4C7H8O.2C4H8O.3Mg/c2*1-10-8-11(14(2,3)4)13(16)12(9-10)15(5,6)7;4*1-6-4-2-3-5-7(6)8;2*1-2-4-5-3-1;;;/h2*8-9,16H,1-7H3;4*2-5,8H,1H3;2*1-4H2;;;/q;;;;;;;;3*+2/p-6. The summed E-state index contributed by atoms with van der Waals surface area (Å²) in [6.45, 7) is 40.5. The van der Waals surface area contributed by atoms with Gasteiger partial charge in [0.15, 0.2) is 0 Å². The van der Waals surface area contributed by atoms with Crippen molar-refractivity contribution in [1.82, 2.24) is 0 Å². The largest absolute Gasteiger partial charge is 2.00 e. The second-order valence-corrected chi connectivity index (χ2v) is 23.1. The van der Waals surface area contributed by atoms with E-state index in [-0.39, 0.29) is 125 Å². The molecule has 0 unspecified atom stereocenters. The molecule has 2 aliphatic heterocycles. The first-order valence-electron chi connectivity index (χ1n) is 26.0. The Balaban J connectivity index is -0.000000834. The molecule has 0 atom stereocenters. The molecule has 0 bridgehead atoms. The van der Waals surface area contributed by atoms with Gasteiger partial charge in [-0.15, -0.1) is 34.5 Å². The van der Waals surface area contributed by atoms with Crippen molar-refractivity contribution in [2.45, 2.75) is 172 Å². The normalized spacial score (nSPS) is 12.3. The van der Waals surface area contributed by atoms with Gasteiger partial charge in [0, 0.05) is 26.4 Å². The van der Waals surface area contributed by atoms with Crippen LogP contribution >= 0.6 is 0 Å². The molecule has 2 heterocycles. The van der Waals surface area contributed by atoms with Crippen LogP contribution in [0.15, 0.2) is 121 Å². The summed E-state index contributed by atoms with van der Waals surface area (Å²) < 4.78 is 9.89. The maximum Gasteiger partial charge on any atom is 2.00 e. The minimum atomic E-state index is -0.0803. The molecule has 2 fully saturated rings. The molecule has 408 valence electrons. The minimum Gasteiger partial charge on any atom is -0.872 e. The van der Waals surface area contributed by atoms with Gasteiger partial charge in [-0.3, -0.25) is 0 Å². The van der Waals surface area contributed by atoms with Gasteiger partial charge in [-0.2, -0.15) is 0 Å². The molecule has 0 spiro atoms. The van der Waals surface area contributed by atoms with Crippen LogP contribution < -0.4 is 30.6 Å². The Morgan fingerprint density at radius 1 is 0.299 bits per heavy atom. The SMILES string of the molecule is C1CCOC1.C1CCOC1.Cc1cc(C(C)(C)C)c([O-])c(C(C)(C)C)c1.Cc1cc(C(C)(C)C)c([O-])c(C(C)(C)C)c1.Cc1ccccc1[O-].Cc1ccccc1[O-].Cc1ccccc1[O-].Cc1ccccc1[O-].[Mg+2].[Mg+2].[Mg+2]. The summed E-state index contributed by atoms with van der Waals surface area (Å²) in [6.07, 6.45) is 5.11. The van der Waals surface area contributed by atoms with Crippen molar-refractivity contribution >= 4 is 69.2 Å². The number of aryl methyl sites for hydroxylation is 6. The fourth-order valence-electron chi connectivity index (χ4n) is 7.02. The van der Waals surface area contributed by atoms with Gasteiger partial charge in [0.05, 0.1) is 0 Å². The van der Waals surface area contributed by atoms with Gasteiger partial charge in [-0.25, -0.2) is 0 Å². The second kappa shape index (κ2) is 38.1. The zero-order valence-corrected chi connectivity index (χ0v) is 54.8. The Hall–Kier alpha value is -3.66. The van der Waals surface area contributed by atoms with Gasteiger partial charge in [-0.1, -0.05) is 238 Å². The predicted octanol–water partition coefficient (Wildman–Crippen LogP) is 12.1. The maximum absolute atomic E-state index is 12.4. The van der Waals surface area contributed by atoms with E-state index in [0.29, 0.717) is 0 Å². The molecule has 0 N–H and O–H groups in total. The summed E-state index contributed by atoms with van der Waals surface area (Å²) in [4.78, 5) is 0. The maximum atomic E-state index is 12.4. The Labute approximate surface area is 514 Å². The monoisotopic (exact) mass is 1080 g/mol. The van der Waals surface area contributed by atoms with Gasteiger partial charge in [0.1, 0.15) is 0 Å². The van der Waals surface area contributed by atoms with Crippen LogP contribution in [0.4, 0.5) is 0 Å². The Bertz CT molecular complexity index is 2110. The quantitative estimate of drug-likeness (QED) is 0.136. The fourth-order valence-corrected chi connectivity index (χ4v) is 7.02. The van der Waals surface area contributed by atoms with Crippen molar-refractivity contribution < 1.29 is 40.1 Å². The molecular formula is C66H90Mg3O8. The van der Waals surface area contributed by atoms with E-state index in [0.717, 1.165) is 70.9 Å². The van der Waals surface area contributed by atoms with Gasteiger partial charge < -0.3 is 40.1 Å². The number of ether oxygens (including phenoxy) is 2. The summed E-state index contributed by atoms with van der Waals surface area (Å²) >= 11 is 0. The summed E-state index contributed by atoms with van der Waals surface area (Å²) in [5.41, 5.74) is 8.99. The number of benzene rings is 6. The molecule has 8 nitrogen and oxygen atoms in total. The number of rotatable bonds is 0. The molecule has 8 rings (SSSR count). The number of hydrogen-bond acceptors (Lipinski definition) is 8. The first-order valence-corrected chi connectivity index (χ1v) is 26.0. The molecule has 0 aliphatic carbocycles. The summed E-state index contributed by atoms with van der Waals surface area (Å²) in [7, 11) is 0. The Morgan fingerprint density at radius 3 is 0.571 bits per heavy atom. The van der Waals surface area contributed by atoms with Crippen LogP contribution in [0.5, 0.6) is 34.5 Å². The number of para-hydroxylation sites is 4. The third-order valence-corrected chi connectivity index (χ3v) is 11.7. The molecule has 0 amide bonds. The van der Waals surface area contributed by atoms with Gasteiger partial charge in [-0.05, 0) is 111 Å². The van der Waals surface area contributed by atoms with Crippen molar-refractivity contribution in [3.05, 3.63) is 177 Å². The van der Waals surface area contributed by atoms with E-state index in [1.807, 2.05) is 100 Å². The third kappa shape index (κ3) is 31.7. The van der Waals surface area contributed by atoms with Crippen LogP contribution in [0.25, 0.3) is 0 Å². The van der Waals surface area contributed by atoms with E-state index in [1.54, 1.807) is 48.5 Å². The molecule has 2 saturated heterocycles. The van der Waals surface area contributed by atoms with Crippen molar-refractivity contribution in [2.75, 3.05) is 26.4 Å². The van der Waals surface area contributed by atoms with Crippen LogP contribution in [0.3, 0.4) is 0 Å². The molecule has 0 aromatic heterocycles. The predicted molar refractivity (Wildman–Crippen MR) is 316 cm³/mol. The smallest absolute Gasteiger partial charge is 0.872 e.